The fourth-order valence-corrected chi connectivity index (χ4v) is 1.81. The summed E-state index contributed by atoms with van der Waals surface area (Å²) in [5.41, 5.74) is 0.875. The van der Waals surface area contributed by atoms with E-state index in [1.165, 1.54) is 6.07 Å². The molecule has 2 aromatic rings. The van der Waals surface area contributed by atoms with E-state index in [1.807, 2.05) is 6.07 Å². The van der Waals surface area contributed by atoms with Crippen LogP contribution in [-0.2, 0) is 6.54 Å². The number of nitrogens with one attached hydrogen (secondary N) is 2. The highest BCUT2D eigenvalue weighted by Gasteiger charge is 2.10. The van der Waals surface area contributed by atoms with Gasteiger partial charge in [0.15, 0.2) is 11.6 Å². The lowest BCUT2D eigenvalue weighted by Crippen LogP contribution is -2.43. The topological polar surface area (TPSA) is 63.2 Å². The zero-order chi connectivity index (χ0) is 16.7. The molecule has 0 unspecified atom stereocenters. The predicted octanol–water partition coefficient (Wildman–Crippen LogP) is 2.63. The summed E-state index contributed by atoms with van der Waals surface area (Å²) in [6, 6.07) is 5.96. The lowest BCUT2D eigenvalue weighted by atomic mass is 10.3. The number of aromatic nitrogens is 1. The van der Waals surface area contributed by atoms with E-state index >= 15 is 0 Å². The second-order valence-electron chi connectivity index (χ2n) is 4.98. The maximum atomic E-state index is 13.4. The molecule has 0 bridgehead atoms. The number of halogens is 2. The molecule has 1 aromatic carbocycles. The minimum Gasteiger partial charge on any atom is -0.488 e. The molecule has 1 atom stereocenters. The van der Waals surface area contributed by atoms with Crippen molar-refractivity contribution in [3.8, 4) is 5.75 Å². The first-order chi connectivity index (χ1) is 11.0. The second kappa shape index (κ2) is 8.07. The van der Waals surface area contributed by atoms with Crippen molar-refractivity contribution in [3.63, 3.8) is 0 Å². The van der Waals surface area contributed by atoms with Gasteiger partial charge >= 0.3 is 6.03 Å². The summed E-state index contributed by atoms with van der Waals surface area (Å²) in [7, 11) is 0. The number of hydrogen-bond donors (Lipinski definition) is 2. The standard InChI is InChI=1S/C16H17F2N3O2/c1-11(10-23-15-5-4-13(17)7-14(15)18)21-16(22)20-9-12-3-2-6-19-8-12/h2-8,11H,9-10H2,1H3,(H2,20,21,22)/t11-/m1/s1. The zero-order valence-corrected chi connectivity index (χ0v) is 12.6. The molecule has 2 rings (SSSR count). The monoisotopic (exact) mass is 321 g/mol. The van der Waals surface area contributed by atoms with Crippen molar-refractivity contribution in [3.05, 3.63) is 59.9 Å². The Balaban J connectivity index is 1.73. The molecule has 0 saturated heterocycles. The highest BCUT2D eigenvalue weighted by molar-refractivity contribution is 5.74. The van der Waals surface area contributed by atoms with Crippen LogP contribution in [0.5, 0.6) is 5.75 Å². The van der Waals surface area contributed by atoms with Crippen molar-refractivity contribution in [2.24, 2.45) is 0 Å². The summed E-state index contributed by atoms with van der Waals surface area (Å²) in [5, 5.41) is 5.34. The van der Waals surface area contributed by atoms with Gasteiger partial charge in [0.05, 0.1) is 6.04 Å². The Kier molecular flexibility index (Phi) is 5.85. The third-order valence-electron chi connectivity index (χ3n) is 2.94. The largest absolute Gasteiger partial charge is 0.488 e. The van der Waals surface area contributed by atoms with Crippen molar-refractivity contribution in [1.29, 1.82) is 0 Å². The molecule has 2 N–H and O–H groups in total. The van der Waals surface area contributed by atoms with E-state index in [2.05, 4.69) is 15.6 Å². The van der Waals surface area contributed by atoms with Gasteiger partial charge in [-0.05, 0) is 30.7 Å². The van der Waals surface area contributed by atoms with Crippen molar-refractivity contribution < 1.29 is 18.3 Å². The number of nitrogens with zero attached hydrogens (tertiary/aromatic N) is 1. The van der Waals surface area contributed by atoms with Crippen LogP contribution in [0.2, 0.25) is 0 Å². The van der Waals surface area contributed by atoms with E-state index in [0.717, 1.165) is 17.7 Å². The maximum Gasteiger partial charge on any atom is 0.315 e. The van der Waals surface area contributed by atoms with E-state index in [-0.39, 0.29) is 24.4 Å². The molecule has 0 aliphatic heterocycles. The number of ether oxygens (including phenoxy) is 1. The molecule has 0 radical (unpaired) electrons. The number of hydrogen-bond acceptors (Lipinski definition) is 3. The van der Waals surface area contributed by atoms with Crippen LogP contribution in [0.15, 0.2) is 42.7 Å². The Morgan fingerprint density at radius 2 is 2.17 bits per heavy atom. The van der Waals surface area contributed by atoms with Crippen LogP contribution in [0.1, 0.15) is 12.5 Å². The number of pyridine rings is 1. The van der Waals surface area contributed by atoms with Crippen LogP contribution in [0.3, 0.4) is 0 Å². The lowest BCUT2D eigenvalue weighted by Gasteiger charge is -2.16. The molecule has 23 heavy (non-hydrogen) atoms. The summed E-state index contributed by atoms with van der Waals surface area (Å²) < 4.78 is 31.4. The van der Waals surface area contributed by atoms with Crippen LogP contribution in [0.4, 0.5) is 13.6 Å². The Morgan fingerprint density at radius 1 is 1.35 bits per heavy atom. The number of urea groups is 1. The first-order valence-electron chi connectivity index (χ1n) is 7.05. The Morgan fingerprint density at radius 3 is 2.87 bits per heavy atom. The minimum atomic E-state index is -0.779. The first-order valence-corrected chi connectivity index (χ1v) is 7.05. The second-order valence-corrected chi connectivity index (χ2v) is 4.98. The van der Waals surface area contributed by atoms with Gasteiger partial charge in [-0.2, -0.15) is 0 Å². The van der Waals surface area contributed by atoms with Crippen molar-refractivity contribution in [2.75, 3.05) is 6.61 Å². The number of amides is 2. The third kappa shape index (κ3) is 5.54. The average molecular weight is 321 g/mol. The molecule has 0 saturated carbocycles. The van der Waals surface area contributed by atoms with Crippen LogP contribution < -0.4 is 15.4 Å². The maximum absolute atomic E-state index is 13.4. The third-order valence-corrected chi connectivity index (χ3v) is 2.94. The molecule has 122 valence electrons. The van der Waals surface area contributed by atoms with Gasteiger partial charge in [0.1, 0.15) is 12.4 Å². The number of carbonyl (C=O) groups is 1. The zero-order valence-electron chi connectivity index (χ0n) is 12.6. The van der Waals surface area contributed by atoms with Gasteiger partial charge in [-0.3, -0.25) is 4.98 Å². The molecule has 1 aromatic heterocycles. The van der Waals surface area contributed by atoms with Gasteiger partial charge < -0.3 is 15.4 Å². The van der Waals surface area contributed by atoms with Gasteiger partial charge in [-0.15, -0.1) is 0 Å². The van der Waals surface area contributed by atoms with Crippen molar-refractivity contribution >= 4 is 6.03 Å². The average Bonchev–Trinajstić information content (AvgIpc) is 2.53. The van der Waals surface area contributed by atoms with Crippen LogP contribution in [0, 0.1) is 11.6 Å². The Labute approximate surface area is 132 Å². The SMILES string of the molecule is C[C@H](COc1ccc(F)cc1F)NC(=O)NCc1cccnc1. The highest BCUT2D eigenvalue weighted by atomic mass is 19.1. The van der Waals surface area contributed by atoms with Crippen LogP contribution >= 0.6 is 0 Å². The van der Waals surface area contributed by atoms with Gasteiger partial charge in [0.25, 0.3) is 0 Å². The summed E-state index contributed by atoms with van der Waals surface area (Å²) in [5.74, 6) is -1.51. The molecule has 1 heterocycles. The molecular weight excluding hydrogens is 304 g/mol. The molecule has 0 spiro atoms. The molecule has 0 aliphatic carbocycles. The smallest absolute Gasteiger partial charge is 0.315 e. The summed E-state index contributed by atoms with van der Waals surface area (Å²) in [6.45, 7) is 2.12. The van der Waals surface area contributed by atoms with E-state index in [9.17, 15) is 13.6 Å². The Hall–Kier alpha value is -2.70. The number of rotatable bonds is 6. The number of benzene rings is 1. The van der Waals surface area contributed by atoms with Crippen molar-refractivity contribution in [1.82, 2.24) is 15.6 Å². The van der Waals surface area contributed by atoms with E-state index < -0.39 is 11.6 Å². The van der Waals surface area contributed by atoms with Crippen LogP contribution in [-0.4, -0.2) is 23.7 Å². The Bertz CT molecular complexity index is 653. The van der Waals surface area contributed by atoms with Crippen LogP contribution in [0.25, 0.3) is 0 Å². The molecule has 5 nitrogen and oxygen atoms in total. The summed E-state index contributed by atoms with van der Waals surface area (Å²) >= 11 is 0. The van der Waals surface area contributed by atoms with Crippen molar-refractivity contribution in [2.45, 2.75) is 19.5 Å². The molecule has 7 heteroatoms. The fraction of sp³-hybridized carbons (Fsp3) is 0.250. The minimum absolute atomic E-state index is 0.0584. The molecule has 2 amide bonds. The lowest BCUT2D eigenvalue weighted by molar-refractivity contribution is 0.224. The normalized spacial score (nSPS) is 11.6. The van der Waals surface area contributed by atoms with Gasteiger partial charge in [-0.25, -0.2) is 13.6 Å². The predicted molar refractivity (Wildman–Crippen MR) is 80.9 cm³/mol. The summed E-state index contributed by atoms with van der Waals surface area (Å²) in [4.78, 5) is 15.7. The number of carbonyl (C=O) groups excluding carboxylic acids is 1. The summed E-state index contributed by atoms with van der Waals surface area (Å²) in [6.07, 6.45) is 3.31. The first kappa shape index (κ1) is 16.7. The molecular formula is C16H17F2N3O2. The fourth-order valence-electron chi connectivity index (χ4n) is 1.81. The van der Waals surface area contributed by atoms with E-state index in [4.69, 9.17) is 4.74 Å². The van der Waals surface area contributed by atoms with E-state index in [0.29, 0.717) is 6.54 Å². The van der Waals surface area contributed by atoms with Gasteiger partial charge in [0, 0.05) is 25.0 Å². The van der Waals surface area contributed by atoms with Gasteiger partial charge in [-0.1, -0.05) is 6.07 Å². The molecule has 0 aliphatic rings. The highest BCUT2D eigenvalue weighted by Crippen LogP contribution is 2.17. The molecule has 0 fully saturated rings. The quantitative estimate of drug-likeness (QED) is 0.860. The van der Waals surface area contributed by atoms with E-state index in [1.54, 1.807) is 25.4 Å². The van der Waals surface area contributed by atoms with Gasteiger partial charge in [0.2, 0.25) is 0 Å².